The first-order valence-corrected chi connectivity index (χ1v) is 13.2. The van der Waals surface area contributed by atoms with Crippen molar-refractivity contribution in [2.24, 2.45) is 5.92 Å². The molecule has 0 spiro atoms. The van der Waals surface area contributed by atoms with Crippen LogP contribution < -0.4 is 5.32 Å². The number of hydrogen-bond acceptors (Lipinski definition) is 3. The summed E-state index contributed by atoms with van der Waals surface area (Å²) in [6.45, 7) is 4.53. The molecule has 0 radical (unpaired) electrons. The number of nitrogens with one attached hydrogen (secondary N) is 1. The highest BCUT2D eigenvalue weighted by Gasteiger charge is 2.49. The van der Waals surface area contributed by atoms with Crippen LogP contribution in [0, 0.1) is 5.92 Å². The summed E-state index contributed by atoms with van der Waals surface area (Å²) in [5.41, 5.74) is 3.11. The summed E-state index contributed by atoms with van der Waals surface area (Å²) in [5.74, 6) is 0.583. The third kappa shape index (κ3) is 4.65. The van der Waals surface area contributed by atoms with Crippen molar-refractivity contribution in [3.05, 3.63) is 108 Å². The van der Waals surface area contributed by atoms with Crippen LogP contribution in [0.3, 0.4) is 0 Å². The van der Waals surface area contributed by atoms with Crippen molar-refractivity contribution in [1.82, 2.24) is 20.0 Å². The lowest BCUT2D eigenvalue weighted by Crippen LogP contribution is -2.64. The minimum Gasteiger partial charge on any atom is -0.341 e. The van der Waals surface area contributed by atoms with Crippen LogP contribution in [0.4, 0.5) is 4.79 Å². The third-order valence-electron chi connectivity index (χ3n) is 8.21. The van der Waals surface area contributed by atoms with Gasteiger partial charge in [0.2, 0.25) is 0 Å². The van der Waals surface area contributed by atoms with Gasteiger partial charge in [-0.1, -0.05) is 91.0 Å². The van der Waals surface area contributed by atoms with Gasteiger partial charge in [-0.15, -0.1) is 0 Å². The fraction of sp³-hybridized carbons (Fsp3) is 0.387. The molecule has 5 nitrogen and oxygen atoms in total. The number of piperidine rings is 1. The van der Waals surface area contributed by atoms with Gasteiger partial charge in [-0.05, 0) is 55.6 Å². The second kappa shape index (κ2) is 10.9. The van der Waals surface area contributed by atoms with Crippen molar-refractivity contribution >= 4 is 6.03 Å². The zero-order chi connectivity index (χ0) is 25.0. The highest BCUT2D eigenvalue weighted by molar-refractivity contribution is 5.76. The van der Waals surface area contributed by atoms with E-state index in [1.165, 1.54) is 18.4 Å². The first kappa shape index (κ1) is 24.5. The molecule has 5 rings (SSSR count). The van der Waals surface area contributed by atoms with Gasteiger partial charge in [-0.2, -0.15) is 0 Å². The second-order valence-electron chi connectivity index (χ2n) is 10.3. The highest BCUT2D eigenvalue weighted by Crippen LogP contribution is 2.44. The molecule has 2 aliphatic rings. The van der Waals surface area contributed by atoms with E-state index in [1.807, 2.05) is 0 Å². The van der Waals surface area contributed by atoms with Gasteiger partial charge < -0.3 is 15.1 Å². The molecule has 0 saturated carbocycles. The molecular weight excluding hydrogens is 444 g/mol. The van der Waals surface area contributed by atoms with E-state index in [4.69, 9.17) is 0 Å². The molecule has 0 aliphatic carbocycles. The van der Waals surface area contributed by atoms with Crippen molar-refractivity contribution in [3.8, 4) is 0 Å². The van der Waals surface area contributed by atoms with Crippen LogP contribution in [0.1, 0.15) is 35.6 Å². The summed E-state index contributed by atoms with van der Waals surface area (Å²) in [5, 5.41) is 2.94. The Bertz CT molecular complexity index is 1070. The summed E-state index contributed by atoms with van der Waals surface area (Å²) in [4.78, 5) is 20.6. The van der Waals surface area contributed by atoms with Gasteiger partial charge in [0.15, 0.2) is 0 Å². The largest absolute Gasteiger partial charge is 0.341 e. The van der Waals surface area contributed by atoms with Crippen LogP contribution in [0.2, 0.25) is 0 Å². The maximum absolute atomic E-state index is 13.4. The lowest BCUT2D eigenvalue weighted by molar-refractivity contribution is -0.00120. The van der Waals surface area contributed by atoms with E-state index in [9.17, 15) is 4.79 Å². The van der Waals surface area contributed by atoms with Crippen LogP contribution in [0.5, 0.6) is 0 Å². The number of rotatable bonds is 5. The predicted molar refractivity (Wildman–Crippen MR) is 146 cm³/mol. The number of benzene rings is 3. The molecule has 2 fully saturated rings. The van der Waals surface area contributed by atoms with Crippen LogP contribution in [-0.2, 0) is 5.54 Å². The normalized spacial score (nSPS) is 20.1. The fourth-order valence-electron chi connectivity index (χ4n) is 6.39. The number of nitrogens with zero attached hydrogens (tertiary/aromatic N) is 3. The number of amides is 2. The minimum absolute atomic E-state index is 0.0297. The summed E-state index contributed by atoms with van der Waals surface area (Å²) >= 11 is 0. The summed E-state index contributed by atoms with van der Waals surface area (Å²) in [6.07, 6.45) is 2.38. The monoisotopic (exact) mass is 482 g/mol. The standard InChI is InChI=1S/C31H38N4O/c1-32-30(36)35-23-22-34(29(25-12-6-3-7-13-25)26-18-20-33(2)21-19-26)24-31(35,27-14-8-4-9-15-27)28-16-10-5-11-17-28/h3-17,26,29H,18-24H2,1-2H3,(H,32,36). The first-order chi connectivity index (χ1) is 17.6. The number of likely N-dealkylation sites (tertiary alicyclic amines) is 1. The number of urea groups is 1. The number of piperazine rings is 1. The Morgan fingerprint density at radius 3 is 1.86 bits per heavy atom. The quantitative estimate of drug-likeness (QED) is 0.558. The maximum Gasteiger partial charge on any atom is 0.318 e. The van der Waals surface area contributed by atoms with Crippen molar-refractivity contribution < 1.29 is 4.79 Å². The van der Waals surface area contributed by atoms with Crippen molar-refractivity contribution in [2.45, 2.75) is 24.4 Å². The Labute approximate surface area is 215 Å². The molecule has 2 aliphatic heterocycles. The van der Waals surface area contributed by atoms with E-state index in [-0.39, 0.29) is 6.03 Å². The highest BCUT2D eigenvalue weighted by atomic mass is 16.2. The van der Waals surface area contributed by atoms with Crippen LogP contribution in [-0.4, -0.2) is 67.5 Å². The Morgan fingerprint density at radius 1 is 0.806 bits per heavy atom. The van der Waals surface area contributed by atoms with E-state index in [2.05, 4.69) is 118 Å². The van der Waals surface area contributed by atoms with Crippen LogP contribution >= 0.6 is 0 Å². The number of hydrogen-bond donors (Lipinski definition) is 1. The summed E-state index contributed by atoms with van der Waals surface area (Å²) in [6, 6.07) is 32.5. The zero-order valence-electron chi connectivity index (χ0n) is 21.5. The van der Waals surface area contributed by atoms with Crippen molar-refractivity contribution in [2.75, 3.05) is 46.8 Å². The molecule has 188 valence electrons. The van der Waals surface area contributed by atoms with Gasteiger partial charge in [0.25, 0.3) is 0 Å². The SMILES string of the molecule is CNC(=O)N1CCN(C(c2ccccc2)C2CCN(C)CC2)CC1(c1ccccc1)c1ccccc1. The summed E-state index contributed by atoms with van der Waals surface area (Å²) < 4.78 is 0. The van der Waals surface area contributed by atoms with E-state index in [1.54, 1.807) is 7.05 Å². The van der Waals surface area contributed by atoms with Crippen molar-refractivity contribution in [1.29, 1.82) is 0 Å². The Balaban J connectivity index is 1.63. The molecule has 0 bridgehead atoms. The molecule has 1 N–H and O–H groups in total. The number of carbonyl (C=O) groups excluding carboxylic acids is 1. The molecule has 2 amide bonds. The van der Waals surface area contributed by atoms with Gasteiger partial charge in [-0.25, -0.2) is 4.79 Å². The van der Waals surface area contributed by atoms with Crippen LogP contribution in [0.15, 0.2) is 91.0 Å². The number of carbonyl (C=O) groups is 1. The average molecular weight is 483 g/mol. The van der Waals surface area contributed by atoms with E-state index in [0.29, 0.717) is 18.5 Å². The summed E-state index contributed by atoms with van der Waals surface area (Å²) in [7, 11) is 3.96. The zero-order valence-corrected chi connectivity index (χ0v) is 21.5. The fourth-order valence-corrected chi connectivity index (χ4v) is 6.39. The van der Waals surface area contributed by atoms with Gasteiger partial charge in [-0.3, -0.25) is 4.90 Å². The third-order valence-corrected chi connectivity index (χ3v) is 8.21. The van der Waals surface area contributed by atoms with Gasteiger partial charge in [0.05, 0.1) is 0 Å². The maximum atomic E-state index is 13.4. The van der Waals surface area contributed by atoms with Gasteiger partial charge in [0, 0.05) is 32.7 Å². The predicted octanol–water partition coefficient (Wildman–Crippen LogP) is 4.97. The lowest BCUT2D eigenvalue weighted by Gasteiger charge is -2.54. The molecule has 2 saturated heterocycles. The van der Waals surface area contributed by atoms with Crippen LogP contribution in [0.25, 0.3) is 0 Å². The molecular formula is C31H38N4O. The van der Waals surface area contributed by atoms with Gasteiger partial charge in [0.1, 0.15) is 5.54 Å². The van der Waals surface area contributed by atoms with Crippen molar-refractivity contribution in [3.63, 3.8) is 0 Å². The van der Waals surface area contributed by atoms with E-state index >= 15 is 0 Å². The Kier molecular flexibility index (Phi) is 7.40. The molecule has 5 heteroatoms. The van der Waals surface area contributed by atoms with E-state index < -0.39 is 5.54 Å². The molecule has 1 atom stereocenters. The van der Waals surface area contributed by atoms with E-state index in [0.717, 1.165) is 37.3 Å². The molecule has 0 aromatic heterocycles. The van der Waals surface area contributed by atoms with Gasteiger partial charge >= 0.3 is 6.03 Å². The Hall–Kier alpha value is -3.15. The molecule has 3 aromatic carbocycles. The topological polar surface area (TPSA) is 38.8 Å². The lowest BCUT2D eigenvalue weighted by atomic mass is 9.77. The minimum atomic E-state index is -0.584. The Morgan fingerprint density at radius 2 is 1.33 bits per heavy atom. The molecule has 1 unspecified atom stereocenters. The molecule has 2 heterocycles. The first-order valence-electron chi connectivity index (χ1n) is 13.2. The molecule has 3 aromatic rings. The smallest absolute Gasteiger partial charge is 0.318 e. The second-order valence-corrected chi connectivity index (χ2v) is 10.3. The molecule has 36 heavy (non-hydrogen) atoms. The average Bonchev–Trinajstić information content (AvgIpc) is 2.95.